The van der Waals surface area contributed by atoms with Crippen LogP contribution in [0.15, 0.2) is 30.5 Å². The van der Waals surface area contributed by atoms with E-state index in [-0.39, 0.29) is 5.41 Å². The first-order chi connectivity index (χ1) is 10.0. The van der Waals surface area contributed by atoms with E-state index < -0.39 is 0 Å². The maximum atomic E-state index is 5.92. The zero-order valence-electron chi connectivity index (χ0n) is 13.6. The molecular weight excluding hydrogens is 280 g/mol. The van der Waals surface area contributed by atoms with Gasteiger partial charge in [-0.15, -0.1) is 0 Å². The van der Waals surface area contributed by atoms with Gasteiger partial charge in [-0.1, -0.05) is 64.3 Å². The first-order valence-corrected chi connectivity index (χ1v) is 8.36. The molecule has 1 aromatic carbocycles. The molecule has 1 aliphatic rings. The minimum atomic E-state index is 0.246. The van der Waals surface area contributed by atoms with Crippen LogP contribution in [0, 0.1) is 5.41 Å². The molecule has 1 fully saturated rings. The van der Waals surface area contributed by atoms with E-state index in [1.807, 2.05) is 32.0 Å². The Balaban J connectivity index is 0.00000106. The van der Waals surface area contributed by atoms with Crippen LogP contribution in [-0.4, -0.2) is 0 Å². The van der Waals surface area contributed by atoms with Crippen LogP contribution in [0.2, 0.25) is 5.02 Å². The molecule has 0 bridgehead atoms. The molecule has 0 unspecified atom stereocenters. The fourth-order valence-corrected chi connectivity index (χ4v) is 2.88. The van der Waals surface area contributed by atoms with Gasteiger partial charge in [0.1, 0.15) is 0 Å². The molecule has 0 radical (unpaired) electrons. The van der Waals surface area contributed by atoms with Gasteiger partial charge in [0.25, 0.3) is 0 Å². The fourth-order valence-electron chi connectivity index (χ4n) is 2.76. The summed E-state index contributed by atoms with van der Waals surface area (Å²) in [5.74, 6) is 0. The van der Waals surface area contributed by atoms with Crippen molar-refractivity contribution in [2.45, 2.75) is 59.4 Å². The summed E-state index contributed by atoms with van der Waals surface area (Å²) in [7, 11) is 0. The van der Waals surface area contributed by atoms with Gasteiger partial charge in [-0.2, -0.15) is 0 Å². The quantitative estimate of drug-likeness (QED) is 0.718. The number of hydrogen-bond donors (Lipinski definition) is 2. The van der Waals surface area contributed by atoms with Gasteiger partial charge in [0.05, 0.1) is 10.7 Å². The van der Waals surface area contributed by atoms with Crippen LogP contribution in [0.5, 0.6) is 0 Å². The van der Waals surface area contributed by atoms with E-state index in [4.69, 9.17) is 17.3 Å². The van der Waals surface area contributed by atoms with Crippen LogP contribution in [0.3, 0.4) is 0 Å². The Morgan fingerprint density at radius 3 is 2.48 bits per heavy atom. The lowest BCUT2D eigenvalue weighted by Gasteiger charge is -2.36. The second-order valence-corrected chi connectivity index (χ2v) is 6.22. The lowest BCUT2D eigenvalue weighted by atomic mass is 9.73. The number of nitrogen functional groups attached to an aromatic ring is 1. The summed E-state index contributed by atoms with van der Waals surface area (Å²) in [6, 6.07) is 5.77. The third-order valence-electron chi connectivity index (χ3n) is 4.25. The maximum Gasteiger partial charge on any atom is 0.0635 e. The van der Waals surface area contributed by atoms with Crippen molar-refractivity contribution >= 4 is 17.3 Å². The van der Waals surface area contributed by atoms with Gasteiger partial charge in [0.2, 0.25) is 0 Å². The van der Waals surface area contributed by atoms with Crippen molar-refractivity contribution < 1.29 is 0 Å². The fraction of sp³-hybridized carbons (Fsp3) is 0.556. The minimum absolute atomic E-state index is 0.246. The van der Waals surface area contributed by atoms with E-state index in [1.54, 1.807) is 0 Å². The lowest BCUT2D eigenvalue weighted by Crippen LogP contribution is -2.30. The monoisotopic (exact) mass is 308 g/mol. The summed E-state index contributed by atoms with van der Waals surface area (Å²) in [4.78, 5) is 0. The number of anilines is 1. The van der Waals surface area contributed by atoms with Crippen LogP contribution in [0.4, 0.5) is 5.69 Å². The summed E-state index contributed by atoms with van der Waals surface area (Å²) in [6.45, 7) is 11.3. The summed E-state index contributed by atoms with van der Waals surface area (Å²) < 4.78 is 0. The van der Waals surface area contributed by atoms with E-state index in [0.29, 0.717) is 10.7 Å². The first kappa shape index (κ1) is 17.9. The molecule has 1 aromatic rings. The number of allylic oxidation sites excluding steroid dienone is 1. The van der Waals surface area contributed by atoms with E-state index in [1.165, 1.54) is 32.1 Å². The second kappa shape index (κ2) is 8.33. The number of rotatable bonds is 4. The summed E-state index contributed by atoms with van der Waals surface area (Å²) in [6.07, 6.45) is 6.45. The number of nitrogens with one attached hydrogen (secondary N) is 1. The number of halogens is 1. The Bertz CT molecular complexity index is 462. The molecule has 0 aliphatic heterocycles. The average molecular weight is 309 g/mol. The molecule has 2 nitrogen and oxygen atoms in total. The predicted octanol–water partition coefficient (Wildman–Crippen LogP) is 5.52. The van der Waals surface area contributed by atoms with Gasteiger partial charge in [-0.3, -0.25) is 0 Å². The van der Waals surface area contributed by atoms with E-state index in [2.05, 4.69) is 18.8 Å². The van der Waals surface area contributed by atoms with Gasteiger partial charge in [-0.25, -0.2) is 0 Å². The zero-order chi connectivity index (χ0) is 15.9. The standard InChI is InChI=1S/C16H23ClN2.C2H6/c1-12(16(2)8-4-3-5-9-16)19-11-13-6-7-14(17)15(18)10-13;1-2/h6-7,10,19H,1,3-5,8-9,11,18H2,2H3;1-2H3. The predicted molar refractivity (Wildman–Crippen MR) is 94.4 cm³/mol. The molecule has 0 atom stereocenters. The Kier molecular flexibility index (Phi) is 7.10. The first-order valence-electron chi connectivity index (χ1n) is 7.98. The molecule has 0 saturated heterocycles. The van der Waals surface area contributed by atoms with Crippen LogP contribution >= 0.6 is 11.6 Å². The third kappa shape index (κ3) is 4.96. The maximum absolute atomic E-state index is 5.92. The van der Waals surface area contributed by atoms with Crippen molar-refractivity contribution in [2.24, 2.45) is 5.41 Å². The zero-order valence-corrected chi connectivity index (χ0v) is 14.4. The molecule has 3 heteroatoms. The Morgan fingerprint density at radius 2 is 1.90 bits per heavy atom. The smallest absolute Gasteiger partial charge is 0.0635 e. The van der Waals surface area contributed by atoms with Crippen molar-refractivity contribution in [1.29, 1.82) is 0 Å². The summed E-state index contributed by atoms with van der Waals surface area (Å²) >= 11 is 5.92. The van der Waals surface area contributed by atoms with Crippen LogP contribution in [0.1, 0.15) is 58.4 Å². The minimum Gasteiger partial charge on any atom is -0.398 e. The normalized spacial score (nSPS) is 16.6. The largest absolute Gasteiger partial charge is 0.398 e. The molecule has 2 rings (SSSR count). The average Bonchev–Trinajstić information content (AvgIpc) is 2.51. The van der Waals surface area contributed by atoms with Crippen molar-refractivity contribution in [3.63, 3.8) is 0 Å². The van der Waals surface area contributed by atoms with Gasteiger partial charge in [-0.05, 0) is 30.5 Å². The third-order valence-corrected chi connectivity index (χ3v) is 4.60. The lowest BCUT2D eigenvalue weighted by molar-refractivity contribution is 0.253. The number of hydrogen-bond acceptors (Lipinski definition) is 2. The second-order valence-electron chi connectivity index (χ2n) is 5.81. The molecule has 0 heterocycles. The van der Waals surface area contributed by atoms with Crippen LogP contribution in [-0.2, 0) is 6.54 Å². The molecule has 0 amide bonds. The number of benzene rings is 1. The van der Waals surface area contributed by atoms with Crippen LogP contribution in [0.25, 0.3) is 0 Å². The highest BCUT2D eigenvalue weighted by atomic mass is 35.5. The van der Waals surface area contributed by atoms with Crippen molar-refractivity contribution in [1.82, 2.24) is 5.32 Å². The topological polar surface area (TPSA) is 38.0 Å². The molecule has 118 valence electrons. The van der Waals surface area contributed by atoms with Gasteiger partial charge >= 0.3 is 0 Å². The SMILES string of the molecule is C=C(NCc1ccc(Cl)c(N)c1)C1(C)CCCCC1.CC. The number of nitrogens with two attached hydrogens (primary N) is 1. The highest BCUT2D eigenvalue weighted by Gasteiger charge is 2.29. The molecule has 3 N–H and O–H groups in total. The molecule has 0 spiro atoms. The Morgan fingerprint density at radius 1 is 1.29 bits per heavy atom. The summed E-state index contributed by atoms with van der Waals surface area (Å²) in [5.41, 5.74) is 8.99. The molecule has 1 saturated carbocycles. The van der Waals surface area contributed by atoms with Crippen molar-refractivity contribution in [2.75, 3.05) is 5.73 Å². The van der Waals surface area contributed by atoms with E-state index in [0.717, 1.165) is 17.8 Å². The van der Waals surface area contributed by atoms with Gasteiger partial charge in [0.15, 0.2) is 0 Å². The van der Waals surface area contributed by atoms with Gasteiger partial charge in [0, 0.05) is 17.7 Å². The molecule has 1 aliphatic carbocycles. The van der Waals surface area contributed by atoms with Crippen LogP contribution < -0.4 is 11.1 Å². The van der Waals surface area contributed by atoms with Crippen molar-refractivity contribution in [3.8, 4) is 0 Å². The van der Waals surface area contributed by atoms with Crippen molar-refractivity contribution in [3.05, 3.63) is 41.1 Å². The highest BCUT2D eigenvalue weighted by Crippen LogP contribution is 2.40. The van der Waals surface area contributed by atoms with Gasteiger partial charge < -0.3 is 11.1 Å². The molecule has 21 heavy (non-hydrogen) atoms. The Labute approximate surface area is 134 Å². The van der Waals surface area contributed by atoms with E-state index >= 15 is 0 Å². The summed E-state index contributed by atoms with van der Waals surface area (Å²) in [5, 5.41) is 4.08. The molecular formula is C18H29ClN2. The molecule has 0 aromatic heterocycles. The Hall–Kier alpha value is -1.15. The highest BCUT2D eigenvalue weighted by molar-refractivity contribution is 6.33. The van der Waals surface area contributed by atoms with E-state index in [9.17, 15) is 0 Å².